The minimum absolute atomic E-state index is 0.195. The summed E-state index contributed by atoms with van der Waals surface area (Å²) in [5.74, 6) is -0.195. The van der Waals surface area contributed by atoms with E-state index in [1.165, 1.54) is 12.4 Å². The Morgan fingerprint density at radius 2 is 2.25 bits per heavy atom. The molecule has 1 aliphatic heterocycles. The monoisotopic (exact) mass is 222 g/mol. The molecule has 1 fully saturated rings. The first-order valence-electron chi connectivity index (χ1n) is 5.20. The number of aromatic nitrogens is 2. The summed E-state index contributed by atoms with van der Waals surface area (Å²) in [4.78, 5) is 21.5. The fourth-order valence-electron chi connectivity index (χ4n) is 1.45. The Hall–Kier alpha value is -1.53. The highest BCUT2D eigenvalue weighted by Crippen LogP contribution is 1.95. The van der Waals surface area contributed by atoms with E-state index in [4.69, 9.17) is 4.74 Å². The van der Waals surface area contributed by atoms with E-state index in [0.717, 1.165) is 26.3 Å². The molecule has 0 aromatic carbocycles. The van der Waals surface area contributed by atoms with Crippen molar-refractivity contribution in [3.63, 3.8) is 0 Å². The quantitative estimate of drug-likeness (QED) is 0.746. The Balaban J connectivity index is 1.79. The number of rotatable bonds is 3. The number of hydrogen-bond acceptors (Lipinski definition) is 5. The van der Waals surface area contributed by atoms with Crippen molar-refractivity contribution < 1.29 is 9.53 Å². The summed E-state index contributed by atoms with van der Waals surface area (Å²) >= 11 is 0. The number of amides is 1. The van der Waals surface area contributed by atoms with Gasteiger partial charge in [0.15, 0.2) is 0 Å². The lowest BCUT2D eigenvalue weighted by Crippen LogP contribution is -2.43. The zero-order valence-corrected chi connectivity index (χ0v) is 8.93. The van der Waals surface area contributed by atoms with Crippen LogP contribution in [-0.2, 0) is 4.74 Å². The summed E-state index contributed by atoms with van der Waals surface area (Å²) in [7, 11) is 0. The van der Waals surface area contributed by atoms with Crippen molar-refractivity contribution in [2.45, 2.75) is 0 Å². The third-order valence-electron chi connectivity index (χ3n) is 2.36. The molecule has 1 aromatic heterocycles. The largest absolute Gasteiger partial charge is 0.379 e. The summed E-state index contributed by atoms with van der Waals surface area (Å²) in [6.45, 7) is 3.67. The van der Waals surface area contributed by atoms with Crippen LogP contribution in [0.2, 0.25) is 0 Å². The molecule has 1 N–H and O–H groups in total. The first-order valence-corrected chi connectivity index (χ1v) is 5.20. The molecule has 0 unspecified atom stereocenters. The van der Waals surface area contributed by atoms with Crippen molar-refractivity contribution in [2.24, 2.45) is 0 Å². The van der Waals surface area contributed by atoms with Crippen LogP contribution in [0.3, 0.4) is 0 Å². The minimum atomic E-state index is -0.195. The molecule has 1 saturated heterocycles. The van der Waals surface area contributed by atoms with Crippen LogP contribution < -0.4 is 5.32 Å². The van der Waals surface area contributed by atoms with Crippen LogP contribution in [-0.4, -0.2) is 53.7 Å². The van der Waals surface area contributed by atoms with Gasteiger partial charge in [0.2, 0.25) is 0 Å². The second kappa shape index (κ2) is 5.53. The van der Waals surface area contributed by atoms with E-state index in [1.54, 1.807) is 6.20 Å². The summed E-state index contributed by atoms with van der Waals surface area (Å²) in [5, 5.41) is 2.80. The lowest BCUT2D eigenvalue weighted by molar-refractivity contribution is 0.0334. The smallest absolute Gasteiger partial charge is 0.272 e. The predicted octanol–water partition coefficient (Wildman–Crippen LogP) is -0.504. The van der Waals surface area contributed by atoms with Crippen molar-refractivity contribution in [1.82, 2.24) is 20.2 Å². The van der Waals surface area contributed by atoms with Gasteiger partial charge in [-0.15, -0.1) is 0 Å². The Morgan fingerprint density at radius 1 is 1.44 bits per heavy atom. The molecule has 0 saturated carbocycles. The second-order valence-electron chi connectivity index (χ2n) is 3.49. The van der Waals surface area contributed by atoms with Crippen LogP contribution in [0.15, 0.2) is 18.6 Å². The Kier molecular flexibility index (Phi) is 3.79. The third-order valence-corrected chi connectivity index (χ3v) is 2.36. The highest BCUT2D eigenvalue weighted by molar-refractivity contribution is 5.91. The van der Waals surface area contributed by atoms with E-state index in [9.17, 15) is 4.79 Å². The summed E-state index contributed by atoms with van der Waals surface area (Å²) in [6, 6.07) is 0. The molecular formula is C10H14N4O2. The van der Waals surface area contributed by atoms with E-state index < -0.39 is 0 Å². The maximum Gasteiger partial charge on any atom is 0.272 e. The normalized spacial score (nSPS) is 17.0. The van der Waals surface area contributed by atoms with E-state index in [0.29, 0.717) is 12.4 Å². The van der Waals surface area contributed by atoms with Crippen molar-refractivity contribution in [1.29, 1.82) is 0 Å². The van der Waals surface area contributed by atoms with Gasteiger partial charge >= 0.3 is 0 Å². The van der Waals surface area contributed by atoms with Gasteiger partial charge in [-0.25, -0.2) is 4.98 Å². The van der Waals surface area contributed by atoms with Crippen LogP contribution in [0, 0.1) is 0 Å². The van der Waals surface area contributed by atoms with Gasteiger partial charge in [0.1, 0.15) is 5.69 Å². The van der Waals surface area contributed by atoms with Crippen LogP contribution >= 0.6 is 0 Å². The molecule has 0 atom stereocenters. The van der Waals surface area contributed by atoms with Crippen LogP contribution in [0.25, 0.3) is 0 Å². The molecule has 86 valence electrons. The molecule has 2 rings (SSSR count). The number of morpholine rings is 1. The molecule has 1 aliphatic rings. The van der Waals surface area contributed by atoms with Crippen LogP contribution in [0.5, 0.6) is 0 Å². The molecule has 0 spiro atoms. The van der Waals surface area contributed by atoms with Gasteiger partial charge in [-0.05, 0) is 0 Å². The van der Waals surface area contributed by atoms with Gasteiger partial charge in [0.05, 0.1) is 26.1 Å². The number of nitrogens with one attached hydrogen (secondary N) is 1. The van der Waals surface area contributed by atoms with Gasteiger partial charge in [-0.1, -0.05) is 0 Å². The van der Waals surface area contributed by atoms with Gasteiger partial charge < -0.3 is 10.1 Å². The molecule has 0 bridgehead atoms. The average Bonchev–Trinajstić information content (AvgIpc) is 2.38. The van der Waals surface area contributed by atoms with Crippen LogP contribution in [0.1, 0.15) is 10.5 Å². The Labute approximate surface area is 93.6 Å². The number of nitrogens with zero attached hydrogens (tertiary/aromatic N) is 3. The topological polar surface area (TPSA) is 67.4 Å². The Morgan fingerprint density at radius 3 is 2.94 bits per heavy atom. The molecule has 1 aromatic rings. The lowest BCUT2D eigenvalue weighted by Gasteiger charge is -2.26. The highest BCUT2D eigenvalue weighted by Gasteiger charge is 2.12. The van der Waals surface area contributed by atoms with E-state index in [2.05, 4.69) is 20.2 Å². The van der Waals surface area contributed by atoms with Gasteiger partial charge in [0.25, 0.3) is 5.91 Å². The maximum atomic E-state index is 11.6. The highest BCUT2D eigenvalue weighted by atomic mass is 16.5. The minimum Gasteiger partial charge on any atom is -0.379 e. The molecule has 16 heavy (non-hydrogen) atoms. The number of carbonyl (C=O) groups is 1. The van der Waals surface area contributed by atoms with E-state index >= 15 is 0 Å². The molecule has 0 radical (unpaired) electrons. The number of hydrogen-bond donors (Lipinski definition) is 1. The Bertz CT molecular complexity index is 338. The van der Waals surface area contributed by atoms with Crippen molar-refractivity contribution >= 4 is 5.91 Å². The first-order chi connectivity index (χ1) is 7.86. The van der Waals surface area contributed by atoms with E-state index in [1.807, 2.05) is 0 Å². The van der Waals surface area contributed by atoms with Crippen molar-refractivity contribution in [3.8, 4) is 0 Å². The third kappa shape index (κ3) is 2.98. The number of ether oxygens (including phenoxy) is 1. The summed E-state index contributed by atoms with van der Waals surface area (Å²) in [6.07, 6.45) is 4.50. The zero-order chi connectivity index (χ0) is 11.2. The maximum absolute atomic E-state index is 11.6. The van der Waals surface area contributed by atoms with E-state index in [-0.39, 0.29) is 5.91 Å². The number of carbonyl (C=O) groups excluding carboxylic acids is 1. The molecule has 6 heteroatoms. The van der Waals surface area contributed by atoms with Gasteiger partial charge in [0, 0.05) is 25.5 Å². The SMILES string of the molecule is O=C(NCN1CCOCC1)c1cnccn1. The fraction of sp³-hybridized carbons (Fsp3) is 0.500. The average molecular weight is 222 g/mol. The first kappa shape index (κ1) is 11.0. The molecule has 2 heterocycles. The fourth-order valence-corrected chi connectivity index (χ4v) is 1.45. The molecule has 6 nitrogen and oxygen atoms in total. The molecule has 0 aliphatic carbocycles. The molecular weight excluding hydrogens is 208 g/mol. The van der Waals surface area contributed by atoms with Crippen LogP contribution in [0.4, 0.5) is 0 Å². The second-order valence-corrected chi connectivity index (χ2v) is 3.49. The molecule has 1 amide bonds. The lowest BCUT2D eigenvalue weighted by atomic mass is 10.4. The van der Waals surface area contributed by atoms with Gasteiger partial charge in [-0.3, -0.25) is 14.7 Å². The summed E-state index contributed by atoms with van der Waals surface area (Å²) in [5.41, 5.74) is 0.343. The van der Waals surface area contributed by atoms with Crippen molar-refractivity contribution in [2.75, 3.05) is 33.0 Å². The summed E-state index contributed by atoms with van der Waals surface area (Å²) < 4.78 is 5.21. The zero-order valence-electron chi connectivity index (χ0n) is 8.93. The van der Waals surface area contributed by atoms with Crippen molar-refractivity contribution in [3.05, 3.63) is 24.3 Å². The predicted molar refractivity (Wildman–Crippen MR) is 56.8 cm³/mol. The standard InChI is InChI=1S/C10H14N4O2/c15-10(9-7-11-1-2-12-9)13-8-14-3-5-16-6-4-14/h1-2,7H,3-6,8H2,(H,13,15). The van der Waals surface area contributed by atoms with Gasteiger partial charge in [-0.2, -0.15) is 0 Å².